The molecule has 1 aromatic carbocycles. The molecule has 2 atom stereocenters. The Morgan fingerprint density at radius 3 is 2.75 bits per heavy atom. The summed E-state index contributed by atoms with van der Waals surface area (Å²) in [5.74, 6) is 0. The van der Waals surface area contributed by atoms with Crippen LogP contribution in [0.1, 0.15) is 23.6 Å². The first kappa shape index (κ1) is 13.7. The highest BCUT2D eigenvalue weighted by Gasteiger charge is 2.49. The Hall–Kier alpha value is -1.24. The number of hydrogen-bond donors (Lipinski definition) is 1. The Kier molecular flexibility index (Phi) is 3.19. The third kappa shape index (κ3) is 2.28. The first-order chi connectivity index (χ1) is 9.36. The Labute approximate surface area is 122 Å². The van der Waals surface area contributed by atoms with Crippen molar-refractivity contribution < 1.29 is 18.0 Å². The second kappa shape index (κ2) is 4.65. The molecule has 1 aliphatic carbocycles. The molecular weight excluding hydrogens is 337 g/mol. The van der Waals surface area contributed by atoms with E-state index in [1.54, 1.807) is 0 Å². The van der Waals surface area contributed by atoms with Gasteiger partial charge in [-0.1, -0.05) is 22.0 Å². The molecule has 1 aromatic rings. The molecule has 1 N–H and O–H groups in total. The van der Waals surface area contributed by atoms with Crippen LogP contribution in [0.25, 0.3) is 0 Å². The minimum atomic E-state index is -4.40. The lowest BCUT2D eigenvalue weighted by Crippen LogP contribution is -2.40. The number of carbonyl (C=O) groups is 1. The summed E-state index contributed by atoms with van der Waals surface area (Å²) in [7, 11) is 0. The maximum Gasteiger partial charge on any atom is 0.410 e. The fraction of sp³-hybridized carbons (Fsp3) is 0.462. The van der Waals surface area contributed by atoms with Gasteiger partial charge in [0.05, 0.1) is 12.6 Å². The van der Waals surface area contributed by atoms with Gasteiger partial charge in [0.15, 0.2) is 0 Å². The Balaban J connectivity index is 1.84. The van der Waals surface area contributed by atoms with Crippen LogP contribution in [0.15, 0.2) is 22.7 Å². The minimum absolute atomic E-state index is 0.259. The first-order valence-electron chi connectivity index (χ1n) is 6.28. The first-order valence-corrected chi connectivity index (χ1v) is 7.08. The average molecular weight is 349 g/mol. The van der Waals surface area contributed by atoms with Gasteiger partial charge in [-0.25, -0.2) is 4.79 Å². The second-order valence-corrected chi connectivity index (χ2v) is 6.01. The van der Waals surface area contributed by atoms with Gasteiger partial charge in [0.1, 0.15) is 6.04 Å². The second-order valence-electron chi connectivity index (χ2n) is 5.09. The summed E-state index contributed by atoms with van der Waals surface area (Å²) >= 11 is 3.37. The Bertz CT molecular complexity index is 561. The van der Waals surface area contributed by atoms with Gasteiger partial charge in [-0.3, -0.25) is 0 Å². The highest BCUT2D eigenvalue weighted by Crippen LogP contribution is 2.39. The van der Waals surface area contributed by atoms with Gasteiger partial charge in [0.2, 0.25) is 0 Å². The molecule has 0 spiro atoms. The molecule has 7 heteroatoms. The molecule has 1 saturated heterocycles. The van der Waals surface area contributed by atoms with Crippen molar-refractivity contribution in [2.24, 2.45) is 0 Å². The number of nitrogens with one attached hydrogen (secondary N) is 1. The van der Waals surface area contributed by atoms with Crippen molar-refractivity contribution in [2.75, 3.05) is 6.54 Å². The van der Waals surface area contributed by atoms with E-state index in [2.05, 4.69) is 15.9 Å². The molecule has 1 aliphatic heterocycles. The summed E-state index contributed by atoms with van der Waals surface area (Å²) < 4.78 is 39.0. The van der Waals surface area contributed by atoms with Crippen molar-refractivity contribution >= 4 is 22.0 Å². The number of rotatable bonds is 1. The number of halogens is 4. The van der Waals surface area contributed by atoms with E-state index < -0.39 is 18.2 Å². The van der Waals surface area contributed by atoms with E-state index >= 15 is 0 Å². The van der Waals surface area contributed by atoms with Crippen LogP contribution in [0.5, 0.6) is 0 Å². The summed E-state index contributed by atoms with van der Waals surface area (Å²) in [4.78, 5) is 13.1. The van der Waals surface area contributed by atoms with Gasteiger partial charge in [0, 0.05) is 4.47 Å². The van der Waals surface area contributed by atoms with Gasteiger partial charge in [-0.15, -0.1) is 0 Å². The number of hydrogen-bond acceptors (Lipinski definition) is 1. The SMILES string of the molecule is O=C1N[C@H](C(F)(F)F)CN1[C@@H]1CCc2cc(Br)ccc21. The van der Waals surface area contributed by atoms with E-state index in [4.69, 9.17) is 0 Å². The summed E-state index contributed by atoms with van der Waals surface area (Å²) in [6.45, 7) is -0.317. The van der Waals surface area contributed by atoms with Crippen LogP contribution in [0, 0.1) is 0 Å². The Morgan fingerprint density at radius 1 is 1.35 bits per heavy atom. The van der Waals surface area contributed by atoms with Crippen molar-refractivity contribution in [2.45, 2.75) is 31.1 Å². The summed E-state index contributed by atoms with van der Waals surface area (Å²) in [6, 6.07) is 3.04. The fourth-order valence-electron chi connectivity index (χ4n) is 2.90. The molecule has 1 fully saturated rings. The number of urea groups is 1. The van der Waals surface area contributed by atoms with E-state index in [1.807, 2.05) is 23.5 Å². The van der Waals surface area contributed by atoms with E-state index in [9.17, 15) is 18.0 Å². The van der Waals surface area contributed by atoms with Gasteiger partial charge < -0.3 is 10.2 Å². The summed E-state index contributed by atoms with van der Waals surface area (Å²) in [5.41, 5.74) is 2.04. The Morgan fingerprint density at radius 2 is 2.10 bits per heavy atom. The molecule has 2 aliphatic rings. The average Bonchev–Trinajstić information content (AvgIpc) is 2.91. The number of amides is 2. The van der Waals surface area contributed by atoms with Gasteiger partial charge in [-0.2, -0.15) is 13.2 Å². The molecule has 3 nitrogen and oxygen atoms in total. The summed E-state index contributed by atoms with van der Waals surface area (Å²) in [6.07, 6.45) is -2.95. The lowest BCUT2D eigenvalue weighted by Gasteiger charge is -2.24. The predicted molar refractivity (Wildman–Crippen MR) is 70.3 cm³/mol. The van der Waals surface area contributed by atoms with Crippen LogP contribution in [-0.2, 0) is 6.42 Å². The molecule has 0 aromatic heterocycles. The molecule has 0 bridgehead atoms. The monoisotopic (exact) mass is 348 g/mol. The van der Waals surface area contributed by atoms with Crippen molar-refractivity contribution in [1.29, 1.82) is 0 Å². The standard InChI is InChI=1S/C13H12BrF3N2O/c14-8-2-3-9-7(5-8)1-4-10(9)19-6-11(13(15,16)17)18-12(19)20/h2-3,5,10-11H,1,4,6H2,(H,18,20)/t10-,11+/m1/s1. The van der Waals surface area contributed by atoms with E-state index in [0.717, 1.165) is 22.0 Å². The number of nitrogens with zero attached hydrogens (tertiary/aromatic N) is 1. The predicted octanol–water partition coefficient (Wildman–Crippen LogP) is 3.39. The van der Waals surface area contributed by atoms with E-state index in [0.29, 0.717) is 6.42 Å². The molecule has 1 heterocycles. The van der Waals surface area contributed by atoms with E-state index in [-0.39, 0.29) is 12.6 Å². The van der Waals surface area contributed by atoms with Gasteiger partial charge in [-0.05, 0) is 36.1 Å². The van der Waals surface area contributed by atoms with Gasteiger partial charge in [0.25, 0.3) is 0 Å². The minimum Gasteiger partial charge on any atom is -0.324 e. The van der Waals surface area contributed by atoms with Crippen LogP contribution >= 0.6 is 15.9 Å². The van der Waals surface area contributed by atoms with Crippen molar-refractivity contribution in [3.05, 3.63) is 33.8 Å². The van der Waals surface area contributed by atoms with Crippen molar-refractivity contribution in [3.63, 3.8) is 0 Å². The molecule has 0 radical (unpaired) electrons. The quantitative estimate of drug-likeness (QED) is 0.828. The zero-order valence-electron chi connectivity index (χ0n) is 10.4. The van der Waals surface area contributed by atoms with Crippen molar-refractivity contribution in [3.8, 4) is 0 Å². The lowest BCUT2D eigenvalue weighted by atomic mass is 10.1. The molecular formula is C13H12BrF3N2O. The maximum absolute atomic E-state index is 12.7. The van der Waals surface area contributed by atoms with E-state index in [1.165, 1.54) is 4.90 Å². The number of benzene rings is 1. The largest absolute Gasteiger partial charge is 0.410 e. The van der Waals surface area contributed by atoms with Crippen LogP contribution in [0.3, 0.4) is 0 Å². The normalized spacial score (nSPS) is 25.8. The molecule has 108 valence electrons. The van der Waals surface area contributed by atoms with Crippen LogP contribution in [-0.4, -0.2) is 29.7 Å². The van der Waals surface area contributed by atoms with Crippen molar-refractivity contribution in [1.82, 2.24) is 10.2 Å². The third-order valence-electron chi connectivity index (χ3n) is 3.86. The van der Waals surface area contributed by atoms with Crippen LogP contribution in [0.2, 0.25) is 0 Å². The summed E-state index contributed by atoms with van der Waals surface area (Å²) in [5, 5.41) is 2.02. The molecule has 3 rings (SSSR count). The smallest absolute Gasteiger partial charge is 0.324 e. The molecule has 2 amide bonds. The number of aryl methyl sites for hydroxylation is 1. The molecule has 0 unspecified atom stereocenters. The zero-order valence-corrected chi connectivity index (χ0v) is 12.0. The zero-order chi connectivity index (χ0) is 14.5. The maximum atomic E-state index is 12.7. The number of fused-ring (bicyclic) bond motifs is 1. The van der Waals surface area contributed by atoms with Crippen LogP contribution in [0.4, 0.5) is 18.0 Å². The number of alkyl halides is 3. The topological polar surface area (TPSA) is 32.3 Å². The highest BCUT2D eigenvalue weighted by atomic mass is 79.9. The third-order valence-corrected chi connectivity index (χ3v) is 4.35. The number of carbonyl (C=O) groups excluding carboxylic acids is 1. The fourth-order valence-corrected chi connectivity index (χ4v) is 3.31. The molecule has 0 saturated carbocycles. The molecule has 20 heavy (non-hydrogen) atoms. The highest BCUT2D eigenvalue weighted by molar-refractivity contribution is 9.10. The lowest BCUT2D eigenvalue weighted by molar-refractivity contribution is -0.150. The van der Waals surface area contributed by atoms with Crippen LogP contribution < -0.4 is 5.32 Å². The van der Waals surface area contributed by atoms with Gasteiger partial charge >= 0.3 is 12.2 Å².